The van der Waals surface area contributed by atoms with E-state index >= 15 is 0 Å². The van der Waals surface area contributed by atoms with Crippen molar-refractivity contribution in [1.82, 2.24) is 24.3 Å². The van der Waals surface area contributed by atoms with Gasteiger partial charge in [0.1, 0.15) is 5.82 Å². The van der Waals surface area contributed by atoms with E-state index in [1.807, 2.05) is 32.5 Å². The number of benzene rings is 1. The predicted molar refractivity (Wildman–Crippen MR) is 98.0 cm³/mol. The Labute approximate surface area is 162 Å². The molecule has 1 aromatic heterocycles. The lowest BCUT2D eigenvalue weighted by atomic mass is 10.1. The van der Waals surface area contributed by atoms with E-state index in [0.717, 1.165) is 5.82 Å². The normalized spacial score (nSPS) is 20.7. The predicted octanol–water partition coefficient (Wildman–Crippen LogP) is 0.911. The van der Waals surface area contributed by atoms with E-state index in [1.165, 1.54) is 0 Å². The van der Waals surface area contributed by atoms with E-state index in [-0.39, 0.29) is 24.8 Å². The summed E-state index contributed by atoms with van der Waals surface area (Å²) in [6, 6.07) is 5.27. The summed E-state index contributed by atoms with van der Waals surface area (Å²) < 4.78 is 12.6. The van der Waals surface area contributed by atoms with Crippen molar-refractivity contribution in [1.29, 1.82) is 0 Å². The average Bonchev–Trinajstić information content (AvgIpc) is 3.41. The molecule has 0 aliphatic carbocycles. The summed E-state index contributed by atoms with van der Waals surface area (Å²) in [5.41, 5.74) is 0.576. The number of ether oxygens (including phenoxy) is 2. The van der Waals surface area contributed by atoms with Gasteiger partial charge in [0.15, 0.2) is 11.5 Å². The minimum Gasteiger partial charge on any atom is -0.454 e. The Morgan fingerprint density at radius 2 is 2.07 bits per heavy atom. The van der Waals surface area contributed by atoms with Crippen LogP contribution in [0.4, 0.5) is 4.79 Å². The van der Waals surface area contributed by atoms with Crippen molar-refractivity contribution < 1.29 is 19.1 Å². The number of aromatic nitrogens is 2. The number of piperazine rings is 1. The topological polar surface area (TPSA) is 80.1 Å². The molecule has 4 heterocycles. The number of amides is 3. The van der Waals surface area contributed by atoms with Gasteiger partial charge in [0.05, 0.1) is 12.6 Å². The van der Waals surface area contributed by atoms with Crippen molar-refractivity contribution in [3.8, 4) is 11.5 Å². The number of aryl methyl sites for hydroxylation is 1. The number of urea groups is 1. The van der Waals surface area contributed by atoms with Crippen LogP contribution in [0.15, 0.2) is 30.6 Å². The maximum Gasteiger partial charge on any atom is 0.320 e. The number of imidazole rings is 1. The van der Waals surface area contributed by atoms with Crippen LogP contribution in [-0.4, -0.2) is 75.2 Å². The van der Waals surface area contributed by atoms with Crippen LogP contribution >= 0.6 is 0 Å². The van der Waals surface area contributed by atoms with Crippen molar-refractivity contribution in [2.45, 2.75) is 12.6 Å². The minimum absolute atomic E-state index is 0.000482. The van der Waals surface area contributed by atoms with Gasteiger partial charge >= 0.3 is 6.03 Å². The van der Waals surface area contributed by atoms with Gasteiger partial charge in [0.25, 0.3) is 5.91 Å². The van der Waals surface area contributed by atoms with Crippen molar-refractivity contribution in [2.24, 2.45) is 7.05 Å². The minimum atomic E-state index is -0.0482. The fourth-order valence-electron chi connectivity index (χ4n) is 4.03. The largest absolute Gasteiger partial charge is 0.454 e. The fourth-order valence-corrected chi connectivity index (χ4v) is 4.03. The molecule has 3 aliphatic rings. The van der Waals surface area contributed by atoms with Crippen LogP contribution in [0.1, 0.15) is 16.2 Å². The lowest BCUT2D eigenvalue weighted by molar-refractivity contribution is 0.0616. The van der Waals surface area contributed by atoms with Gasteiger partial charge in [0, 0.05) is 51.2 Å². The first-order valence-electron chi connectivity index (χ1n) is 9.31. The highest BCUT2D eigenvalue weighted by Crippen LogP contribution is 2.33. The second kappa shape index (κ2) is 6.43. The molecule has 3 aliphatic heterocycles. The first kappa shape index (κ1) is 16.9. The maximum absolute atomic E-state index is 13.0. The summed E-state index contributed by atoms with van der Waals surface area (Å²) in [5.74, 6) is 2.06. The standard InChI is InChI=1S/C19H21N5O4/c1-21-5-4-20-17(21)11-23-10-14-9-22(6-7-24(14)19(23)26)18(25)13-2-3-15-16(8-13)28-12-27-15/h2-5,8,14H,6-7,9-12H2,1H3/t14-/m1/s1. The number of rotatable bonds is 3. The Balaban J connectivity index is 1.28. The molecule has 5 rings (SSSR count). The van der Waals surface area contributed by atoms with Gasteiger partial charge in [-0.2, -0.15) is 0 Å². The van der Waals surface area contributed by atoms with Crippen molar-refractivity contribution in [3.05, 3.63) is 42.0 Å². The third-order valence-electron chi connectivity index (χ3n) is 5.59. The number of hydrogen-bond donors (Lipinski definition) is 0. The monoisotopic (exact) mass is 383 g/mol. The van der Waals surface area contributed by atoms with Crippen LogP contribution in [0.5, 0.6) is 11.5 Å². The van der Waals surface area contributed by atoms with Gasteiger partial charge in [-0.05, 0) is 18.2 Å². The Hall–Kier alpha value is -3.23. The summed E-state index contributed by atoms with van der Waals surface area (Å²) in [6.45, 7) is 2.84. The van der Waals surface area contributed by atoms with Crippen LogP contribution in [0.25, 0.3) is 0 Å². The van der Waals surface area contributed by atoms with E-state index in [4.69, 9.17) is 9.47 Å². The van der Waals surface area contributed by atoms with E-state index < -0.39 is 0 Å². The third-order valence-corrected chi connectivity index (χ3v) is 5.59. The molecule has 9 nitrogen and oxygen atoms in total. The number of hydrogen-bond acceptors (Lipinski definition) is 5. The molecule has 0 bridgehead atoms. The van der Waals surface area contributed by atoms with Gasteiger partial charge in [-0.15, -0.1) is 0 Å². The Bertz CT molecular complexity index is 942. The molecule has 2 aromatic rings. The van der Waals surface area contributed by atoms with Crippen LogP contribution < -0.4 is 9.47 Å². The SMILES string of the molecule is Cn1ccnc1CN1C[C@H]2CN(C(=O)c3ccc4c(c3)OCO4)CCN2C1=O. The molecular weight excluding hydrogens is 362 g/mol. The molecule has 2 fully saturated rings. The Kier molecular flexibility index (Phi) is 3.88. The Morgan fingerprint density at radius 1 is 1.21 bits per heavy atom. The zero-order valence-electron chi connectivity index (χ0n) is 15.6. The molecule has 0 saturated carbocycles. The van der Waals surface area contributed by atoms with Crippen LogP contribution in [0.3, 0.4) is 0 Å². The van der Waals surface area contributed by atoms with Crippen LogP contribution in [-0.2, 0) is 13.6 Å². The van der Waals surface area contributed by atoms with Crippen LogP contribution in [0.2, 0.25) is 0 Å². The Morgan fingerprint density at radius 3 is 2.89 bits per heavy atom. The smallest absolute Gasteiger partial charge is 0.320 e. The van der Waals surface area contributed by atoms with Gasteiger partial charge in [-0.3, -0.25) is 4.79 Å². The first-order valence-corrected chi connectivity index (χ1v) is 9.31. The van der Waals surface area contributed by atoms with Crippen LogP contribution in [0, 0.1) is 0 Å². The first-order chi connectivity index (χ1) is 13.6. The third kappa shape index (κ3) is 2.74. The quantitative estimate of drug-likeness (QED) is 0.787. The summed E-state index contributed by atoms with van der Waals surface area (Å²) >= 11 is 0. The molecule has 0 N–H and O–H groups in total. The average molecular weight is 383 g/mol. The molecule has 0 unspecified atom stereocenters. The molecular formula is C19H21N5O4. The van der Waals surface area contributed by atoms with Gasteiger partial charge in [-0.25, -0.2) is 9.78 Å². The number of fused-ring (bicyclic) bond motifs is 2. The second-order valence-electron chi connectivity index (χ2n) is 7.28. The lowest BCUT2D eigenvalue weighted by Crippen LogP contribution is -2.53. The molecule has 3 amide bonds. The van der Waals surface area contributed by atoms with Crippen molar-refractivity contribution >= 4 is 11.9 Å². The molecule has 2 saturated heterocycles. The molecule has 1 aromatic carbocycles. The fraction of sp³-hybridized carbons (Fsp3) is 0.421. The highest BCUT2D eigenvalue weighted by Gasteiger charge is 2.42. The maximum atomic E-state index is 13.0. The van der Waals surface area contributed by atoms with E-state index in [9.17, 15) is 9.59 Å². The zero-order valence-corrected chi connectivity index (χ0v) is 15.6. The molecule has 1 atom stereocenters. The zero-order chi connectivity index (χ0) is 19.3. The summed E-state index contributed by atoms with van der Waals surface area (Å²) in [6.07, 6.45) is 3.60. The highest BCUT2D eigenvalue weighted by atomic mass is 16.7. The summed E-state index contributed by atoms with van der Waals surface area (Å²) in [5, 5.41) is 0. The molecule has 0 radical (unpaired) electrons. The summed E-state index contributed by atoms with van der Waals surface area (Å²) in [4.78, 5) is 35.5. The molecule has 28 heavy (non-hydrogen) atoms. The summed E-state index contributed by atoms with van der Waals surface area (Å²) in [7, 11) is 1.92. The van der Waals surface area contributed by atoms with Gasteiger partial charge in [-0.1, -0.05) is 0 Å². The molecule has 146 valence electrons. The number of carbonyl (C=O) groups is 2. The van der Waals surface area contributed by atoms with E-state index in [1.54, 1.807) is 24.4 Å². The van der Waals surface area contributed by atoms with Crippen molar-refractivity contribution in [2.75, 3.05) is 33.0 Å². The molecule has 9 heteroatoms. The van der Waals surface area contributed by atoms with Gasteiger partial charge < -0.3 is 28.7 Å². The number of carbonyl (C=O) groups excluding carboxylic acids is 2. The van der Waals surface area contributed by atoms with Gasteiger partial charge in [0.2, 0.25) is 6.79 Å². The highest BCUT2D eigenvalue weighted by molar-refractivity contribution is 5.95. The second-order valence-corrected chi connectivity index (χ2v) is 7.28. The lowest BCUT2D eigenvalue weighted by Gasteiger charge is -2.36. The van der Waals surface area contributed by atoms with Crippen molar-refractivity contribution in [3.63, 3.8) is 0 Å². The van der Waals surface area contributed by atoms with E-state index in [2.05, 4.69) is 4.98 Å². The number of nitrogens with zero attached hydrogens (tertiary/aromatic N) is 5. The van der Waals surface area contributed by atoms with E-state index in [0.29, 0.717) is 49.8 Å². The molecule has 0 spiro atoms.